The number of hydrogen-bond acceptors (Lipinski definition) is 0. The SMILES string of the molecule is CCCC1CC(C)CCC2CC2C1. The molecule has 0 bridgehead atoms. The molecular weight excluding hydrogens is 156 g/mol. The summed E-state index contributed by atoms with van der Waals surface area (Å²) in [4.78, 5) is 0. The summed E-state index contributed by atoms with van der Waals surface area (Å²) >= 11 is 0. The van der Waals surface area contributed by atoms with Gasteiger partial charge in [-0.1, -0.05) is 33.1 Å². The van der Waals surface area contributed by atoms with E-state index >= 15 is 0 Å². The van der Waals surface area contributed by atoms with Crippen LogP contribution in [0.5, 0.6) is 0 Å². The number of fused-ring (bicyclic) bond motifs is 1. The molecule has 0 aromatic carbocycles. The summed E-state index contributed by atoms with van der Waals surface area (Å²) in [6, 6.07) is 0. The Hall–Kier alpha value is 0. The van der Waals surface area contributed by atoms with Crippen LogP contribution in [0.25, 0.3) is 0 Å². The van der Waals surface area contributed by atoms with E-state index in [0.29, 0.717) is 0 Å². The van der Waals surface area contributed by atoms with Crippen molar-refractivity contribution in [2.24, 2.45) is 23.7 Å². The van der Waals surface area contributed by atoms with Crippen molar-refractivity contribution in [1.82, 2.24) is 0 Å². The molecule has 0 aliphatic heterocycles. The predicted molar refractivity (Wildman–Crippen MR) is 57.6 cm³/mol. The standard InChI is InChI=1S/C13H24/c1-3-4-11-7-10(2)5-6-12-9-13(12)8-11/h10-13H,3-9H2,1-2H3. The molecule has 0 radical (unpaired) electrons. The maximum Gasteiger partial charge on any atom is -0.0380 e. The van der Waals surface area contributed by atoms with Crippen LogP contribution in [0.4, 0.5) is 0 Å². The zero-order chi connectivity index (χ0) is 9.26. The van der Waals surface area contributed by atoms with E-state index in [0.717, 1.165) is 23.7 Å². The summed E-state index contributed by atoms with van der Waals surface area (Å²) in [5, 5.41) is 0. The molecule has 4 atom stereocenters. The Morgan fingerprint density at radius 1 is 1.00 bits per heavy atom. The maximum absolute atomic E-state index is 2.46. The van der Waals surface area contributed by atoms with Gasteiger partial charge in [-0.15, -0.1) is 0 Å². The molecule has 2 aliphatic rings. The molecule has 0 saturated heterocycles. The third-order valence-electron chi connectivity index (χ3n) is 4.17. The first-order valence-corrected chi connectivity index (χ1v) is 6.29. The minimum absolute atomic E-state index is 1.01. The molecule has 0 N–H and O–H groups in total. The smallest absolute Gasteiger partial charge is 0.0380 e. The zero-order valence-electron chi connectivity index (χ0n) is 9.26. The van der Waals surface area contributed by atoms with E-state index in [1.807, 2.05) is 0 Å². The van der Waals surface area contributed by atoms with Crippen LogP contribution in [0.2, 0.25) is 0 Å². The van der Waals surface area contributed by atoms with E-state index < -0.39 is 0 Å². The van der Waals surface area contributed by atoms with Crippen molar-refractivity contribution in [3.05, 3.63) is 0 Å². The van der Waals surface area contributed by atoms with Crippen molar-refractivity contribution in [3.8, 4) is 0 Å². The van der Waals surface area contributed by atoms with Gasteiger partial charge in [-0.05, 0) is 49.4 Å². The summed E-state index contributed by atoms with van der Waals surface area (Å²) in [5.41, 5.74) is 0. The van der Waals surface area contributed by atoms with E-state index in [1.165, 1.54) is 25.7 Å². The topological polar surface area (TPSA) is 0 Å². The third kappa shape index (κ3) is 2.48. The lowest BCUT2D eigenvalue weighted by molar-refractivity contribution is 0.288. The molecule has 76 valence electrons. The number of hydrogen-bond donors (Lipinski definition) is 0. The fraction of sp³-hybridized carbons (Fsp3) is 1.00. The van der Waals surface area contributed by atoms with Crippen LogP contribution >= 0.6 is 0 Å². The quantitative estimate of drug-likeness (QED) is 0.596. The van der Waals surface area contributed by atoms with Gasteiger partial charge >= 0.3 is 0 Å². The average molecular weight is 180 g/mol. The van der Waals surface area contributed by atoms with E-state index in [4.69, 9.17) is 0 Å². The summed E-state index contributed by atoms with van der Waals surface area (Å²) < 4.78 is 0. The maximum atomic E-state index is 2.46. The van der Waals surface area contributed by atoms with Crippen molar-refractivity contribution in [1.29, 1.82) is 0 Å². The summed E-state index contributed by atoms with van der Waals surface area (Å²) in [7, 11) is 0. The van der Waals surface area contributed by atoms with E-state index in [9.17, 15) is 0 Å². The number of rotatable bonds is 2. The second kappa shape index (κ2) is 4.02. The van der Waals surface area contributed by atoms with Crippen molar-refractivity contribution >= 4 is 0 Å². The molecule has 0 amide bonds. The van der Waals surface area contributed by atoms with E-state index in [2.05, 4.69) is 13.8 Å². The predicted octanol–water partition coefficient (Wildman–Crippen LogP) is 4.25. The van der Waals surface area contributed by atoms with Crippen LogP contribution in [-0.2, 0) is 0 Å². The monoisotopic (exact) mass is 180 g/mol. The second-order valence-electron chi connectivity index (χ2n) is 5.56. The van der Waals surface area contributed by atoms with E-state index in [-0.39, 0.29) is 0 Å². The van der Waals surface area contributed by atoms with Gasteiger partial charge in [0.05, 0.1) is 0 Å². The summed E-state index contributed by atoms with van der Waals surface area (Å²) in [6.45, 7) is 4.80. The molecular formula is C13H24. The molecule has 13 heavy (non-hydrogen) atoms. The van der Waals surface area contributed by atoms with Crippen molar-refractivity contribution in [3.63, 3.8) is 0 Å². The molecule has 4 unspecified atom stereocenters. The molecule has 0 aromatic heterocycles. The Labute approximate surface area is 83.1 Å². The van der Waals surface area contributed by atoms with Crippen molar-refractivity contribution in [2.75, 3.05) is 0 Å². The first kappa shape index (κ1) is 9.55. The Morgan fingerprint density at radius 3 is 2.62 bits per heavy atom. The van der Waals surface area contributed by atoms with Crippen molar-refractivity contribution in [2.45, 2.75) is 58.8 Å². The minimum Gasteiger partial charge on any atom is -0.0654 e. The van der Waals surface area contributed by atoms with Gasteiger partial charge in [-0.25, -0.2) is 0 Å². The summed E-state index contributed by atoms with van der Waals surface area (Å²) in [5.74, 6) is 4.40. The van der Waals surface area contributed by atoms with Gasteiger partial charge in [0.2, 0.25) is 0 Å². The minimum atomic E-state index is 1.01. The molecule has 0 spiro atoms. The zero-order valence-corrected chi connectivity index (χ0v) is 9.26. The van der Waals surface area contributed by atoms with Crippen molar-refractivity contribution < 1.29 is 0 Å². The van der Waals surface area contributed by atoms with Crippen LogP contribution < -0.4 is 0 Å². The molecule has 2 saturated carbocycles. The van der Waals surface area contributed by atoms with Crippen LogP contribution in [0.3, 0.4) is 0 Å². The van der Waals surface area contributed by atoms with Crippen LogP contribution in [0.1, 0.15) is 58.8 Å². The molecule has 0 heteroatoms. The Bertz CT molecular complexity index is 159. The van der Waals surface area contributed by atoms with Gasteiger partial charge in [0, 0.05) is 0 Å². The van der Waals surface area contributed by atoms with Gasteiger partial charge < -0.3 is 0 Å². The van der Waals surface area contributed by atoms with Gasteiger partial charge in [-0.2, -0.15) is 0 Å². The second-order valence-corrected chi connectivity index (χ2v) is 5.56. The first-order valence-electron chi connectivity index (χ1n) is 6.29. The van der Waals surface area contributed by atoms with Gasteiger partial charge in [0.1, 0.15) is 0 Å². The highest BCUT2D eigenvalue weighted by Gasteiger charge is 2.39. The fourth-order valence-electron chi connectivity index (χ4n) is 3.31. The third-order valence-corrected chi connectivity index (χ3v) is 4.17. The van der Waals surface area contributed by atoms with Gasteiger partial charge in [-0.3, -0.25) is 0 Å². The Balaban J connectivity index is 1.86. The normalized spacial score (nSPS) is 44.8. The van der Waals surface area contributed by atoms with Crippen LogP contribution in [0, 0.1) is 23.7 Å². The largest absolute Gasteiger partial charge is 0.0654 e. The van der Waals surface area contributed by atoms with Gasteiger partial charge in [0.25, 0.3) is 0 Å². The molecule has 0 aromatic rings. The average Bonchev–Trinajstić information content (AvgIpc) is 2.77. The molecule has 0 heterocycles. The highest BCUT2D eigenvalue weighted by atomic mass is 14.4. The van der Waals surface area contributed by atoms with E-state index in [1.54, 1.807) is 19.3 Å². The highest BCUT2D eigenvalue weighted by molar-refractivity contribution is 4.90. The van der Waals surface area contributed by atoms with Crippen LogP contribution in [0.15, 0.2) is 0 Å². The lowest BCUT2D eigenvalue weighted by Crippen LogP contribution is -2.11. The van der Waals surface area contributed by atoms with Crippen LogP contribution in [-0.4, -0.2) is 0 Å². The Morgan fingerprint density at radius 2 is 1.85 bits per heavy atom. The lowest BCUT2D eigenvalue weighted by atomic mass is 9.83. The molecule has 0 nitrogen and oxygen atoms in total. The molecule has 2 fully saturated rings. The first-order chi connectivity index (χ1) is 6.29. The van der Waals surface area contributed by atoms with Gasteiger partial charge in [0.15, 0.2) is 0 Å². The highest BCUT2D eigenvalue weighted by Crippen LogP contribution is 2.50. The Kier molecular flexibility index (Phi) is 2.96. The molecule has 2 aliphatic carbocycles. The summed E-state index contributed by atoms with van der Waals surface area (Å²) in [6.07, 6.45) is 10.6. The lowest BCUT2D eigenvalue weighted by Gasteiger charge is -2.23. The molecule has 2 rings (SSSR count). The fourth-order valence-corrected chi connectivity index (χ4v) is 3.31.